The van der Waals surface area contributed by atoms with Crippen molar-refractivity contribution in [3.63, 3.8) is 0 Å². The van der Waals surface area contributed by atoms with Gasteiger partial charge in [-0.2, -0.15) is 0 Å². The Morgan fingerprint density at radius 1 is 1.31 bits per heavy atom. The average Bonchev–Trinajstić information content (AvgIpc) is 2.15. The maximum absolute atomic E-state index is 5.14. The van der Waals surface area contributed by atoms with Gasteiger partial charge in [0.25, 0.3) is 0 Å². The van der Waals surface area contributed by atoms with E-state index in [4.69, 9.17) is 6.42 Å². The summed E-state index contributed by atoms with van der Waals surface area (Å²) >= 11 is 0. The summed E-state index contributed by atoms with van der Waals surface area (Å²) in [5.74, 6) is 3.13. The molecule has 0 aromatic heterocycles. The van der Waals surface area contributed by atoms with Crippen LogP contribution in [0.25, 0.3) is 0 Å². The Morgan fingerprint density at radius 2 is 1.92 bits per heavy atom. The fraction of sp³-hybridized carbons (Fsp3) is 0.333. The van der Waals surface area contributed by atoms with E-state index in [9.17, 15) is 0 Å². The van der Waals surface area contributed by atoms with Crippen LogP contribution in [0.1, 0.15) is 25.3 Å². The smallest absolute Gasteiger partial charge is 0.0763 e. The Balaban J connectivity index is 2.65. The number of hydrogen-bond acceptors (Lipinski definition) is 1. The SMILES string of the molecule is C#CCNc1ccc(C(C)C)cc1. The van der Waals surface area contributed by atoms with Crippen molar-refractivity contribution >= 4 is 5.69 Å². The maximum atomic E-state index is 5.14. The highest BCUT2D eigenvalue weighted by atomic mass is 14.8. The van der Waals surface area contributed by atoms with Crippen LogP contribution in [0.3, 0.4) is 0 Å². The molecule has 1 N–H and O–H groups in total. The van der Waals surface area contributed by atoms with Gasteiger partial charge in [-0.25, -0.2) is 0 Å². The number of benzene rings is 1. The molecule has 13 heavy (non-hydrogen) atoms. The van der Waals surface area contributed by atoms with Crippen LogP contribution in [0.2, 0.25) is 0 Å². The molecule has 0 saturated carbocycles. The molecular weight excluding hydrogens is 158 g/mol. The van der Waals surface area contributed by atoms with Gasteiger partial charge in [0.1, 0.15) is 0 Å². The molecule has 1 aromatic rings. The Morgan fingerprint density at radius 3 is 2.38 bits per heavy atom. The summed E-state index contributed by atoms with van der Waals surface area (Å²) in [5.41, 5.74) is 2.44. The molecule has 0 fully saturated rings. The van der Waals surface area contributed by atoms with Crippen LogP contribution in [-0.2, 0) is 0 Å². The lowest BCUT2D eigenvalue weighted by molar-refractivity contribution is 0.867. The van der Waals surface area contributed by atoms with E-state index in [1.165, 1.54) is 5.56 Å². The number of rotatable bonds is 3. The zero-order valence-electron chi connectivity index (χ0n) is 8.17. The minimum absolute atomic E-state index is 0.584. The van der Waals surface area contributed by atoms with E-state index in [-0.39, 0.29) is 0 Å². The molecule has 0 heterocycles. The Labute approximate surface area is 80.2 Å². The molecule has 0 aliphatic rings. The monoisotopic (exact) mass is 173 g/mol. The Kier molecular flexibility index (Phi) is 3.40. The van der Waals surface area contributed by atoms with E-state index in [0.717, 1.165) is 5.69 Å². The van der Waals surface area contributed by atoms with Gasteiger partial charge < -0.3 is 5.32 Å². The first-order valence-electron chi connectivity index (χ1n) is 4.51. The zero-order valence-corrected chi connectivity index (χ0v) is 8.17. The van der Waals surface area contributed by atoms with E-state index in [1.807, 2.05) is 0 Å². The minimum atomic E-state index is 0.584. The van der Waals surface area contributed by atoms with Crippen LogP contribution >= 0.6 is 0 Å². The molecule has 0 aliphatic carbocycles. The molecule has 1 heteroatoms. The van der Waals surface area contributed by atoms with Crippen molar-refractivity contribution in [2.75, 3.05) is 11.9 Å². The molecule has 1 aromatic carbocycles. The van der Waals surface area contributed by atoms with Gasteiger partial charge in [0, 0.05) is 5.69 Å². The molecule has 0 amide bonds. The summed E-state index contributed by atoms with van der Waals surface area (Å²) in [6.45, 7) is 4.95. The van der Waals surface area contributed by atoms with E-state index in [2.05, 4.69) is 49.4 Å². The standard InChI is InChI=1S/C12H15N/c1-4-9-13-12-7-5-11(6-8-12)10(2)3/h1,5-8,10,13H,9H2,2-3H3. The van der Waals surface area contributed by atoms with Gasteiger partial charge in [0.15, 0.2) is 0 Å². The molecule has 1 nitrogen and oxygen atoms in total. The quantitative estimate of drug-likeness (QED) is 0.693. The maximum Gasteiger partial charge on any atom is 0.0763 e. The van der Waals surface area contributed by atoms with Crippen molar-refractivity contribution in [2.24, 2.45) is 0 Å². The molecule has 0 spiro atoms. The number of nitrogens with one attached hydrogen (secondary N) is 1. The largest absolute Gasteiger partial charge is 0.374 e. The second kappa shape index (κ2) is 4.57. The molecule has 0 saturated heterocycles. The summed E-state index contributed by atoms with van der Waals surface area (Å²) in [5, 5.41) is 3.12. The second-order valence-electron chi connectivity index (χ2n) is 3.33. The molecule has 0 unspecified atom stereocenters. The van der Waals surface area contributed by atoms with Crippen molar-refractivity contribution in [3.05, 3.63) is 29.8 Å². The van der Waals surface area contributed by atoms with Crippen LogP contribution in [0.4, 0.5) is 5.69 Å². The van der Waals surface area contributed by atoms with Gasteiger partial charge in [0.05, 0.1) is 6.54 Å². The van der Waals surface area contributed by atoms with Crippen LogP contribution in [-0.4, -0.2) is 6.54 Å². The highest BCUT2D eigenvalue weighted by Gasteiger charge is 1.97. The topological polar surface area (TPSA) is 12.0 Å². The third-order valence-corrected chi connectivity index (χ3v) is 1.97. The third kappa shape index (κ3) is 2.83. The van der Waals surface area contributed by atoms with Crippen LogP contribution < -0.4 is 5.32 Å². The van der Waals surface area contributed by atoms with Gasteiger partial charge in [-0.3, -0.25) is 0 Å². The first-order valence-corrected chi connectivity index (χ1v) is 4.51. The molecule has 0 atom stereocenters. The zero-order chi connectivity index (χ0) is 9.68. The molecule has 0 radical (unpaired) electrons. The Hall–Kier alpha value is -1.42. The summed E-state index contributed by atoms with van der Waals surface area (Å²) < 4.78 is 0. The highest BCUT2D eigenvalue weighted by Crippen LogP contribution is 2.16. The van der Waals surface area contributed by atoms with Gasteiger partial charge in [-0.15, -0.1) is 6.42 Å². The molecule has 0 aliphatic heterocycles. The highest BCUT2D eigenvalue weighted by molar-refractivity contribution is 5.45. The fourth-order valence-corrected chi connectivity index (χ4v) is 1.14. The summed E-state index contributed by atoms with van der Waals surface area (Å²) in [7, 11) is 0. The first-order chi connectivity index (χ1) is 6.24. The van der Waals surface area contributed by atoms with Gasteiger partial charge >= 0.3 is 0 Å². The first kappa shape index (κ1) is 9.67. The average molecular weight is 173 g/mol. The molecule has 1 rings (SSSR count). The van der Waals surface area contributed by atoms with Crippen molar-refractivity contribution in [1.29, 1.82) is 0 Å². The molecular formula is C12H15N. The molecule has 68 valence electrons. The third-order valence-electron chi connectivity index (χ3n) is 1.97. The van der Waals surface area contributed by atoms with E-state index < -0.39 is 0 Å². The van der Waals surface area contributed by atoms with Gasteiger partial charge in [-0.05, 0) is 23.6 Å². The van der Waals surface area contributed by atoms with Gasteiger partial charge in [-0.1, -0.05) is 31.9 Å². The number of hydrogen-bond donors (Lipinski definition) is 1. The second-order valence-corrected chi connectivity index (χ2v) is 3.33. The predicted molar refractivity (Wildman–Crippen MR) is 57.9 cm³/mol. The van der Waals surface area contributed by atoms with Gasteiger partial charge in [0.2, 0.25) is 0 Å². The van der Waals surface area contributed by atoms with Crippen molar-refractivity contribution < 1.29 is 0 Å². The lowest BCUT2D eigenvalue weighted by atomic mass is 10.0. The lowest BCUT2D eigenvalue weighted by Gasteiger charge is -2.06. The number of terminal acetylenes is 1. The van der Waals surface area contributed by atoms with Crippen molar-refractivity contribution in [1.82, 2.24) is 0 Å². The van der Waals surface area contributed by atoms with Crippen molar-refractivity contribution in [3.8, 4) is 12.3 Å². The van der Waals surface area contributed by atoms with Crippen LogP contribution in [0, 0.1) is 12.3 Å². The summed E-state index contributed by atoms with van der Waals surface area (Å²) in [4.78, 5) is 0. The van der Waals surface area contributed by atoms with E-state index in [0.29, 0.717) is 12.5 Å². The van der Waals surface area contributed by atoms with Crippen LogP contribution in [0.15, 0.2) is 24.3 Å². The predicted octanol–water partition coefficient (Wildman–Crippen LogP) is 2.86. The lowest BCUT2D eigenvalue weighted by Crippen LogP contribution is -1.98. The fourth-order valence-electron chi connectivity index (χ4n) is 1.14. The normalized spacial score (nSPS) is 9.69. The minimum Gasteiger partial charge on any atom is -0.374 e. The number of anilines is 1. The van der Waals surface area contributed by atoms with Crippen molar-refractivity contribution in [2.45, 2.75) is 19.8 Å². The van der Waals surface area contributed by atoms with E-state index >= 15 is 0 Å². The Bertz CT molecular complexity index is 290. The van der Waals surface area contributed by atoms with E-state index in [1.54, 1.807) is 0 Å². The summed E-state index contributed by atoms with van der Waals surface area (Å²) in [6.07, 6.45) is 5.14. The van der Waals surface area contributed by atoms with Crippen LogP contribution in [0.5, 0.6) is 0 Å². The summed E-state index contributed by atoms with van der Waals surface area (Å²) in [6, 6.07) is 8.38. The molecule has 0 bridgehead atoms.